The number of benzene rings is 1. The molecule has 1 N–H and O–H groups in total. The second kappa shape index (κ2) is 8.97. The summed E-state index contributed by atoms with van der Waals surface area (Å²) < 4.78 is 5.98. The van der Waals surface area contributed by atoms with Gasteiger partial charge in [-0.3, -0.25) is 4.90 Å². The molecule has 0 amide bonds. The van der Waals surface area contributed by atoms with Crippen molar-refractivity contribution in [3.63, 3.8) is 0 Å². The minimum absolute atomic E-state index is 0.331. The third kappa shape index (κ3) is 4.26. The van der Waals surface area contributed by atoms with Crippen LogP contribution < -0.4 is 10.1 Å². The molecule has 4 rings (SSSR count). The van der Waals surface area contributed by atoms with Crippen molar-refractivity contribution >= 4 is 40.8 Å². The van der Waals surface area contributed by atoms with E-state index in [1.165, 1.54) is 24.6 Å². The largest absolute Gasteiger partial charge is 0.491 e. The average Bonchev–Trinajstić information content (AvgIpc) is 3.38. The number of nitrogens with one attached hydrogen (secondary N) is 1. The highest BCUT2D eigenvalue weighted by Crippen LogP contribution is 2.43. The SMILES string of the molecule is CSc1nc2c(c(-c3cc(OCCN4CCCC4)c(Cl)cc3Cl)n1)C(C#N)CN2. The molecule has 0 bridgehead atoms. The number of hydrogen-bond donors (Lipinski definition) is 1. The molecule has 29 heavy (non-hydrogen) atoms. The van der Waals surface area contributed by atoms with E-state index in [0.29, 0.717) is 51.2 Å². The van der Waals surface area contributed by atoms with Crippen molar-refractivity contribution in [3.05, 3.63) is 27.7 Å². The molecule has 2 aliphatic heterocycles. The first kappa shape index (κ1) is 20.5. The van der Waals surface area contributed by atoms with Crippen molar-refractivity contribution in [1.29, 1.82) is 5.26 Å². The number of halogens is 2. The zero-order valence-corrected chi connectivity index (χ0v) is 18.4. The predicted octanol–water partition coefficient (Wildman–Crippen LogP) is 4.68. The van der Waals surface area contributed by atoms with Gasteiger partial charge in [0.1, 0.15) is 18.2 Å². The van der Waals surface area contributed by atoms with Gasteiger partial charge in [-0.25, -0.2) is 9.97 Å². The zero-order chi connectivity index (χ0) is 20.4. The van der Waals surface area contributed by atoms with E-state index >= 15 is 0 Å². The Labute approximate surface area is 184 Å². The first-order chi connectivity index (χ1) is 14.1. The maximum Gasteiger partial charge on any atom is 0.189 e. The van der Waals surface area contributed by atoms with Gasteiger partial charge >= 0.3 is 0 Å². The van der Waals surface area contributed by atoms with Crippen LogP contribution in [0, 0.1) is 11.3 Å². The van der Waals surface area contributed by atoms with E-state index in [9.17, 15) is 5.26 Å². The molecule has 2 aliphatic rings. The Kier molecular flexibility index (Phi) is 6.35. The first-order valence-corrected chi connectivity index (χ1v) is 11.5. The molecule has 1 saturated heterocycles. The number of hydrogen-bond acceptors (Lipinski definition) is 7. The highest BCUT2D eigenvalue weighted by molar-refractivity contribution is 7.98. The fourth-order valence-corrected chi connectivity index (χ4v) is 4.63. The fraction of sp³-hybridized carbons (Fsp3) is 0.450. The minimum atomic E-state index is -0.331. The number of likely N-dealkylation sites (tertiary alicyclic amines) is 1. The van der Waals surface area contributed by atoms with Crippen molar-refractivity contribution < 1.29 is 4.74 Å². The lowest BCUT2D eigenvalue weighted by atomic mass is 9.98. The summed E-state index contributed by atoms with van der Waals surface area (Å²) in [6, 6.07) is 5.83. The second-order valence-corrected chi connectivity index (χ2v) is 8.63. The Bertz CT molecular complexity index is 959. The Morgan fingerprint density at radius 1 is 1.28 bits per heavy atom. The molecule has 1 fully saturated rings. The van der Waals surface area contributed by atoms with Crippen molar-refractivity contribution in [2.45, 2.75) is 23.9 Å². The van der Waals surface area contributed by atoms with Crippen molar-refractivity contribution in [2.24, 2.45) is 0 Å². The number of aromatic nitrogens is 2. The van der Waals surface area contributed by atoms with E-state index in [1.807, 2.05) is 12.3 Å². The lowest BCUT2D eigenvalue weighted by Gasteiger charge is -2.17. The Morgan fingerprint density at radius 2 is 2.07 bits per heavy atom. The van der Waals surface area contributed by atoms with Crippen molar-refractivity contribution in [1.82, 2.24) is 14.9 Å². The molecule has 9 heteroatoms. The third-order valence-electron chi connectivity index (χ3n) is 5.23. The molecule has 152 valence electrons. The van der Waals surface area contributed by atoms with Gasteiger partial charge in [0.05, 0.1) is 27.7 Å². The molecule has 0 aliphatic carbocycles. The standard InChI is InChI=1S/C20H21Cl2N5OS/c1-29-20-25-18(17-12(10-23)11-24-19(17)26-20)13-8-16(15(22)9-14(13)21)28-7-6-27-4-2-3-5-27/h8-9,12H,2-7,11H2,1H3,(H,24,25,26). The molecule has 0 spiro atoms. The number of thioether (sulfide) groups is 1. The average molecular weight is 450 g/mol. The van der Waals surface area contributed by atoms with Crippen molar-refractivity contribution in [2.75, 3.05) is 44.4 Å². The van der Waals surface area contributed by atoms with Gasteiger partial charge in [-0.1, -0.05) is 35.0 Å². The quantitative estimate of drug-likeness (QED) is 0.506. The van der Waals surface area contributed by atoms with Crippen LogP contribution in [0.15, 0.2) is 17.3 Å². The number of anilines is 1. The van der Waals surface area contributed by atoms with Crippen LogP contribution in [0.3, 0.4) is 0 Å². The Hall–Kier alpha value is -1.72. The molecular weight excluding hydrogens is 429 g/mol. The summed E-state index contributed by atoms with van der Waals surface area (Å²) in [4.78, 5) is 11.6. The van der Waals surface area contributed by atoms with Gasteiger partial charge in [-0.2, -0.15) is 5.26 Å². The summed E-state index contributed by atoms with van der Waals surface area (Å²) in [6.45, 7) is 4.18. The summed E-state index contributed by atoms with van der Waals surface area (Å²) >= 11 is 14.4. The zero-order valence-electron chi connectivity index (χ0n) is 16.0. The lowest BCUT2D eigenvalue weighted by Crippen LogP contribution is -2.25. The second-order valence-electron chi connectivity index (χ2n) is 7.04. The number of nitriles is 1. The lowest BCUT2D eigenvalue weighted by molar-refractivity contribution is 0.238. The van der Waals surface area contributed by atoms with E-state index in [-0.39, 0.29) is 5.92 Å². The van der Waals surface area contributed by atoms with Crippen LogP contribution in [-0.2, 0) is 0 Å². The van der Waals surface area contributed by atoms with Crippen LogP contribution in [0.2, 0.25) is 10.0 Å². The predicted molar refractivity (Wildman–Crippen MR) is 117 cm³/mol. The summed E-state index contributed by atoms with van der Waals surface area (Å²) in [6.07, 6.45) is 4.41. The first-order valence-electron chi connectivity index (χ1n) is 9.54. The highest BCUT2D eigenvalue weighted by atomic mass is 35.5. The molecule has 1 unspecified atom stereocenters. The molecule has 1 aromatic heterocycles. The maximum absolute atomic E-state index is 9.56. The van der Waals surface area contributed by atoms with Gasteiger partial charge < -0.3 is 10.1 Å². The van der Waals surface area contributed by atoms with Crippen LogP contribution in [0.4, 0.5) is 5.82 Å². The topological polar surface area (TPSA) is 74.1 Å². The van der Waals surface area contributed by atoms with Gasteiger partial charge in [-0.05, 0) is 44.3 Å². The molecular formula is C20H21Cl2N5OS. The van der Waals surface area contributed by atoms with E-state index in [0.717, 1.165) is 25.2 Å². The van der Waals surface area contributed by atoms with Crippen molar-refractivity contribution in [3.8, 4) is 23.1 Å². The fourth-order valence-electron chi connectivity index (χ4n) is 3.73. The minimum Gasteiger partial charge on any atom is -0.491 e. The van der Waals surface area contributed by atoms with Crippen LogP contribution in [0.5, 0.6) is 5.75 Å². The molecule has 6 nitrogen and oxygen atoms in total. The van der Waals surface area contributed by atoms with E-state index < -0.39 is 0 Å². The van der Waals surface area contributed by atoms with Gasteiger partial charge in [-0.15, -0.1) is 0 Å². The van der Waals surface area contributed by atoms with E-state index in [4.69, 9.17) is 27.9 Å². The Morgan fingerprint density at radius 3 is 2.79 bits per heavy atom. The summed E-state index contributed by atoms with van der Waals surface area (Å²) in [7, 11) is 0. The summed E-state index contributed by atoms with van der Waals surface area (Å²) in [5.41, 5.74) is 2.13. The monoisotopic (exact) mass is 449 g/mol. The number of fused-ring (bicyclic) bond motifs is 1. The highest BCUT2D eigenvalue weighted by Gasteiger charge is 2.30. The van der Waals surface area contributed by atoms with Gasteiger partial charge in [0.15, 0.2) is 5.16 Å². The third-order valence-corrected chi connectivity index (χ3v) is 6.38. The molecule has 3 heterocycles. The van der Waals surface area contributed by atoms with Crippen LogP contribution >= 0.6 is 35.0 Å². The van der Waals surface area contributed by atoms with E-state index in [2.05, 4.69) is 26.3 Å². The number of nitrogens with zero attached hydrogens (tertiary/aromatic N) is 4. The molecule has 0 saturated carbocycles. The molecule has 1 aromatic carbocycles. The normalized spacial score (nSPS) is 18.3. The number of rotatable bonds is 6. The molecule has 1 atom stereocenters. The Balaban J connectivity index is 1.68. The molecule has 2 aromatic rings. The maximum atomic E-state index is 9.56. The van der Waals surface area contributed by atoms with Gasteiger partial charge in [0.2, 0.25) is 0 Å². The van der Waals surface area contributed by atoms with E-state index in [1.54, 1.807) is 6.07 Å². The van der Waals surface area contributed by atoms with Crippen LogP contribution in [0.1, 0.15) is 24.3 Å². The van der Waals surface area contributed by atoms with Gasteiger partial charge in [0, 0.05) is 24.2 Å². The molecule has 0 radical (unpaired) electrons. The summed E-state index contributed by atoms with van der Waals surface area (Å²) in [5.74, 6) is 0.929. The number of ether oxygens (including phenoxy) is 1. The van der Waals surface area contributed by atoms with Crippen LogP contribution in [-0.4, -0.2) is 53.9 Å². The summed E-state index contributed by atoms with van der Waals surface area (Å²) in [5, 5.41) is 14.3. The van der Waals surface area contributed by atoms with Gasteiger partial charge in [0.25, 0.3) is 0 Å². The van der Waals surface area contributed by atoms with Crippen LogP contribution in [0.25, 0.3) is 11.3 Å². The smallest absolute Gasteiger partial charge is 0.189 e.